The molecule has 0 aromatic heterocycles. The molecule has 4 aliphatic carbocycles. The zero-order valence-electron chi connectivity index (χ0n) is 25.2. The van der Waals surface area contributed by atoms with Gasteiger partial charge < -0.3 is 19.9 Å². The van der Waals surface area contributed by atoms with Gasteiger partial charge >= 0.3 is 5.97 Å². The van der Waals surface area contributed by atoms with Crippen LogP contribution < -0.4 is 0 Å². The molecule has 4 saturated carbocycles. The van der Waals surface area contributed by atoms with Gasteiger partial charge in [0.2, 0.25) is 0 Å². The van der Waals surface area contributed by atoms with Crippen molar-refractivity contribution in [3.8, 4) is 0 Å². The van der Waals surface area contributed by atoms with Gasteiger partial charge in [-0.3, -0.25) is 0 Å². The predicted molar refractivity (Wildman–Crippen MR) is 162 cm³/mol. The lowest BCUT2D eigenvalue weighted by Crippen LogP contribution is -2.65. The zero-order valence-corrected chi connectivity index (χ0v) is 27.6. The van der Waals surface area contributed by atoms with E-state index in [0.29, 0.717) is 37.2 Å². The molecule has 0 radical (unpaired) electrons. The van der Waals surface area contributed by atoms with Crippen molar-refractivity contribution in [2.75, 3.05) is 0 Å². The van der Waals surface area contributed by atoms with E-state index in [0.717, 1.165) is 41.3 Å². The first-order chi connectivity index (χ1) is 18.0. The number of carboxylic acid groups (broad SMARTS) is 1. The summed E-state index contributed by atoms with van der Waals surface area (Å²) in [4.78, 5) is 12.9. The maximum absolute atomic E-state index is 13.9. The van der Waals surface area contributed by atoms with E-state index < -0.39 is 23.2 Å². The van der Waals surface area contributed by atoms with Crippen LogP contribution in [0.25, 0.3) is 0 Å². The van der Waals surface area contributed by atoms with Gasteiger partial charge in [0.15, 0.2) is 0 Å². The highest BCUT2D eigenvalue weighted by molar-refractivity contribution is 9.11. The second-order valence-electron chi connectivity index (χ2n) is 14.5. The molecule has 11 atom stereocenters. The highest BCUT2D eigenvalue weighted by Gasteiger charge is 2.71. The fourth-order valence-corrected chi connectivity index (χ4v) is 11.9. The topological polar surface area (TPSA) is 101 Å². The lowest BCUT2D eigenvalue weighted by molar-refractivity contribution is -0.233. The minimum Gasteiger partial charge on any atom is -0.616 e. The molecule has 0 spiro atoms. The monoisotopic (exact) mass is 626 g/mol. The first-order valence-electron chi connectivity index (χ1n) is 15.0. The Morgan fingerprint density at radius 3 is 2.28 bits per heavy atom. The van der Waals surface area contributed by atoms with Crippen LogP contribution in [0.3, 0.4) is 0 Å². The number of hydrogen-bond acceptors (Lipinski definition) is 4. The van der Waals surface area contributed by atoms with Crippen LogP contribution in [0.5, 0.6) is 0 Å². The van der Waals surface area contributed by atoms with Crippen LogP contribution in [-0.4, -0.2) is 48.5 Å². The molecule has 39 heavy (non-hydrogen) atoms. The number of allylic oxidation sites excluding steroid dienone is 2. The van der Waals surface area contributed by atoms with Crippen LogP contribution >= 0.6 is 15.9 Å². The van der Waals surface area contributed by atoms with Gasteiger partial charge in [0.25, 0.3) is 0 Å². The van der Waals surface area contributed by atoms with E-state index in [9.17, 15) is 24.7 Å². The summed E-state index contributed by atoms with van der Waals surface area (Å²) < 4.78 is 14.9. The highest BCUT2D eigenvalue weighted by Crippen LogP contribution is 2.74. The quantitative estimate of drug-likeness (QED) is 0.218. The fourth-order valence-electron chi connectivity index (χ4n) is 10.00. The van der Waals surface area contributed by atoms with Crippen LogP contribution in [0, 0.1) is 39.9 Å². The van der Waals surface area contributed by atoms with Crippen molar-refractivity contribution in [2.24, 2.45) is 39.9 Å². The second kappa shape index (κ2) is 11.1. The van der Waals surface area contributed by atoms with Gasteiger partial charge in [-0.2, -0.15) is 0 Å². The van der Waals surface area contributed by atoms with Gasteiger partial charge in [0.1, 0.15) is 10.5 Å². The van der Waals surface area contributed by atoms with E-state index in [1.54, 1.807) is 0 Å². The van der Waals surface area contributed by atoms with Crippen molar-refractivity contribution >= 4 is 33.1 Å². The minimum absolute atomic E-state index is 0.0699. The SMILES string of the molecule is CC(C)=C(Br)CC/C(C(=O)O)=C1\C2C[C@@H](O)C3[C@@]4(C)CC[C@@H](O)[C@@H](C)C4CC[C@]3(C)[C@@]2(C)C[C@@H]1[S+]([O-])C(C)C. The standard InChI is InChI=1S/C32H51BrO5S/c1-17(2)23(33)10-9-20(29(36)37)27-22-15-25(35)28-30(6)13-12-24(34)19(5)21(30)11-14-31(28,7)32(22,8)16-26(27)39(38)18(3)4/h18-19,21-22,24-26,28,34-35H,9-16H2,1-8H3,(H,36,37)/b27-20-/t19-,21?,22?,24+,25+,26-,28?,30-,31-,32-,39?/m0/s1. The summed E-state index contributed by atoms with van der Waals surface area (Å²) in [5.74, 6) is -0.382. The number of aliphatic hydroxyl groups excluding tert-OH is 2. The van der Waals surface area contributed by atoms with Gasteiger partial charge in [0, 0.05) is 12.0 Å². The molecule has 0 aliphatic heterocycles. The molecule has 0 bridgehead atoms. The van der Waals surface area contributed by atoms with Gasteiger partial charge in [-0.15, -0.1) is 0 Å². The Morgan fingerprint density at radius 1 is 1.08 bits per heavy atom. The largest absolute Gasteiger partial charge is 0.616 e. The molecular formula is C32H51BrO5S. The average molecular weight is 628 g/mol. The molecule has 5 nitrogen and oxygen atoms in total. The number of halogens is 1. The molecule has 4 aliphatic rings. The normalized spacial score (nSPS) is 45.7. The van der Waals surface area contributed by atoms with Gasteiger partial charge in [-0.1, -0.05) is 49.2 Å². The Bertz CT molecular complexity index is 1040. The first-order valence-corrected chi connectivity index (χ1v) is 17.1. The van der Waals surface area contributed by atoms with E-state index in [1.807, 2.05) is 27.7 Å². The van der Waals surface area contributed by atoms with E-state index in [1.165, 1.54) is 0 Å². The number of hydrogen-bond donors (Lipinski definition) is 3. The summed E-state index contributed by atoms with van der Waals surface area (Å²) in [6.45, 7) is 17.2. The molecule has 4 rings (SSSR count). The fraction of sp³-hybridized carbons (Fsp3) is 0.844. The summed E-state index contributed by atoms with van der Waals surface area (Å²) >= 11 is 2.42. The first kappa shape index (κ1) is 31.6. The Morgan fingerprint density at radius 2 is 1.72 bits per heavy atom. The molecular weight excluding hydrogens is 576 g/mol. The van der Waals surface area contributed by atoms with Gasteiger partial charge in [-0.05, 0) is 134 Å². The van der Waals surface area contributed by atoms with Crippen molar-refractivity contribution in [1.29, 1.82) is 0 Å². The van der Waals surface area contributed by atoms with Crippen molar-refractivity contribution in [3.05, 3.63) is 21.2 Å². The third-order valence-corrected chi connectivity index (χ3v) is 15.3. The Hall–Kier alpha value is -0.340. The van der Waals surface area contributed by atoms with Crippen molar-refractivity contribution < 1.29 is 24.7 Å². The number of rotatable bonds is 6. The minimum atomic E-state index is -1.21. The maximum atomic E-state index is 13.9. The molecule has 0 saturated heterocycles. The molecule has 0 heterocycles. The third kappa shape index (κ3) is 4.92. The maximum Gasteiger partial charge on any atom is 0.331 e. The van der Waals surface area contributed by atoms with Crippen LogP contribution in [-0.2, 0) is 16.0 Å². The van der Waals surface area contributed by atoms with Crippen LogP contribution in [0.1, 0.15) is 107 Å². The van der Waals surface area contributed by atoms with E-state index in [2.05, 4.69) is 43.6 Å². The van der Waals surface area contributed by atoms with E-state index in [4.69, 9.17) is 0 Å². The van der Waals surface area contributed by atoms with Crippen molar-refractivity contribution in [1.82, 2.24) is 0 Å². The molecule has 0 amide bonds. The third-order valence-electron chi connectivity index (χ3n) is 12.2. The summed E-state index contributed by atoms with van der Waals surface area (Å²) in [5, 5.41) is 32.9. The number of fused-ring (bicyclic) bond motifs is 5. The molecule has 0 aromatic rings. The van der Waals surface area contributed by atoms with Gasteiger partial charge in [0.05, 0.1) is 12.2 Å². The molecule has 4 fully saturated rings. The van der Waals surface area contributed by atoms with Crippen molar-refractivity contribution in [3.63, 3.8) is 0 Å². The van der Waals surface area contributed by atoms with Crippen molar-refractivity contribution in [2.45, 2.75) is 129 Å². The number of aliphatic hydroxyl groups is 2. The Balaban J connectivity index is 1.85. The smallest absolute Gasteiger partial charge is 0.331 e. The van der Waals surface area contributed by atoms with E-state index in [-0.39, 0.29) is 50.6 Å². The molecule has 3 N–H and O–H groups in total. The van der Waals surface area contributed by atoms with Gasteiger partial charge in [-0.25, -0.2) is 4.79 Å². The average Bonchev–Trinajstić information content (AvgIpc) is 3.14. The van der Waals surface area contributed by atoms with Crippen LogP contribution in [0.4, 0.5) is 0 Å². The second-order valence-corrected chi connectivity index (χ2v) is 17.6. The van der Waals surface area contributed by atoms with Crippen LogP contribution in [0.15, 0.2) is 21.2 Å². The summed E-state index contributed by atoms with van der Waals surface area (Å²) in [6, 6.07) is 0. The van der Waals surface area contributed by atoms with Crippen LogP contribution in [0.2, 0.25) is 0 Å². The molecule has 222 valence electrons. The predicted octanol–water partition coefficient (Wildman–Crippen LogP) is 6.98. The zero-order chi connectivity index (χ0) is 29.2. The lowest BCUT2D eigenvalue weighted by atomic mass is 9.36. The highest BCUT2D eigenvalue weighted by atomic mass is 79.9. The number of carboxylic acids is 1. The summed E-state index contributed by atoms with van der Waals surface area (Å²) in [5.41, 5.74) is 1.83. The Labute approximate surface area is 247 Å². The van der Waals surface area contributed by atoms with E-state index >= 15 is 0 Å². The summed E-state index contributed by atoms with van der Waals surface area (Å²) in [6.07, 6.45) is 5.00. The molecule has 0 aromatic carbocycles. The summed E-state index contributed by atoms with van der Waals surface area (Å²) in [7, 11) is 0. The lowest BCUT2D eigenvalue weighted by Gasteiger charge is -2.68. The number of carbonyl (C=O) groups is 1. The Kier molecular flexibility index (Phi) is 8.96. The number of aliphatic carboxylic acids is 1. The molecule has 7 heteroatoms. The molecule has 4 unspecified atom stereocenters.